The van der Waals surface area contributed by atoms with Crippen molar-refractivity contribution in [2.24, 2.45) is 0 Å². The number of rotatable bonds is 4. The fourth-order valence-electron chi connectivity index (χ4n) is 0.866. The molecule has 0 spiro atoms. The Kier molecular flexibility index (Phi) is 4.09. The normalized spacial score (nSPS) is 10.9. The molecule has 0 aliphatic carbocycles. The third-order valence-corrected chi connectivity index (χ3v) is 3.13. The average Bonchev–Trinajstić information content (AvgIpc) is 2.18. The highest BCUT2D eigenvalue weighted by molar-refractivity contribution is 7.86. The van der Waals surface area contributed by atoms with E-state index >= 15 is 0 Å². The molecular weight excluding hydrogens is 238 g/mol. The molecule has 80 valence electrons. The topological polar surface area (TPSA) is 67.2 Å². The first kappa shape index (κ1) is 12.0. The largest absolute Gasteiger partial charge is 0.297 e. The molecule has 0 fully saturated rings. The van der Waals surface area contributed by atoms with E-state index in [1.807, 2.05) is 0 Å². The van der Waals surface area contributed by atoms with E-state index in [-0.39, 0.29) is 17.9 Å². The van der Waals surface area contributed by atoms with Gasteiger partial charge in [-0.05, 0) is 24.3 Å². The van der Waals surface area contributed by atoms with Gasteiger partial charge in [0.05, 0.1) is 24.0 Å². The summed E-state index contributed by atoms with van der Waals surface area (Å²) in [5.74, 6) is 0. The molecule has 0 aromatic heterocycles. The van der Waals surface area contributed by atoms with Crippen molar-refractivity contribution in [2.45, 2.75) is 11.3 Å². The van der Waals surface area contributed by atoms with Crippen LogP contribution in [0.25, 0.3) is 0 Å². The zero-order valence-corrected chi connectivity index (χ0v) is 9.25. The molecule has 0 heterocycles. The van der Waals surface area contributed by atoms with Gasteiger partial charge in [-0.3, -0.25) is 4.18 Å². The number of hydrogen-bond acceptors (Lipinski definition) is 4. The molecule has 0 saturated carbocycles. The number of benzene rings is 1. The summed E-state index contributed by atoms with van der Waals surface area (Å²) in [5.41, 5.74) is 0. The third-order valence-electron chi connectivity index (χ3n) is 1.55. The molecule has 0 unspecified atom stereocenters. The van der Waals surface area contributed by atoms with E-state index < -0.39 is 10.1 Å². The Bertz CT molecular complexity index is 461. The molecule has 0 aliphatic heterocycles. The van der Waals surface area contributed by atoms with E-state index in [1.54, 1.807) is 6.07 Å². The molecule has 0 aliphatic rings. The number of halogens is 1. The van der Waals surface area contributed by atoms with Crippen molar-refractivity contribution < 1.29 is 12.6 Å². The Labute approximate surface area is 93.2 Å². The summed E-state index contributed by atoms with van der Waals surface area (Å²) in [6.07, 6.45) is 0.0345. The summed E-state index contributed by atoms with van der Waals surface area (Å²) in [5, 5.41) is 8.68. The Morgan fingerprint density at radius 2 is 1.93 bits per heavy atom. The molecule has 6 heteroatoms. The summed E-state index contributed by atoms with van der Waals surface area (Å²) in [4.78, 5) is 0.0323. The molecule has 15 heavy (non-hydrogen) atoms. The minimum Gasteiger partial charge on any atom is -0.265 e. The van der Waals surface area contributed by atoms with Gasteiger partial charge in [0.1, 0.15) is 0 Å². The number of nitriles is 1. The Morgan fingerprint density at radius 1 is 1.33 bits per heavy atom. The van der Waals surface area contributed by atoms with E-state index in [0.717, 1.165) is 0 Å². The maximum atomic E-state index is 11.4. The van der Waals surface area contributed by atoms with Gasteiger partial charge in [-0.25, -0.2) is 0 Å². The minimum atomic E-state index is -3.76. The van der Waals surface area contributed by atoms with Gasteiger partial charge in [-0.1, -0.05) is 11.6 Å². The highest BCUT2D eigenvalue weighted by Crippen LogP contribution is 2.16. The van der Waals surface area contributed by atoms with Crippen LogP contribution in [-0.2, 0) is 14.3 Å². The van der Waals surface area contributed by atoms with Crippen molar-refractivity contribution in [3.05, 3.63) is 29.3 Å². The number of nitrogens with zero attached hydrogens (tertiary/aromatic N) is 1. The highest BCUT2D eigenvalue weighted by atomic mass is 35.5. The van der Waals surface area contributed by atoms with Gasteiger partial charge < -0.3 is 0 Å². The van der Waals surface area contributed by atoms with Gasteiger partial charge in [0.2, 0.25) is 0 Å². The number of hydrogen-bond donors (Lipinski definition) is 0. The average molecular weight is 246 g/mol. The maximum Gasteiger partial charge on any atom is 0.297 e. The van der Waals surface area contributed by atoms with Gasteiger partial charge in [0, 0.05) is 5.02 Å². The summed E-state index contributed by atoms with van der Waals surface area (Å²) in [7, 11) is -3.76. The van der Waals surface area contributed by atoms with Gasteiger partial charge >= 0.3 is 0 Å². The van der Waals surface area contributed by atoms with Crippen molar-refractivity contribution in [1.82, 2.24) is 0 Å². The Balaban J connectivity index is 2.79. The van der Waals surface area contributed by atoms with Gasteiger partial charge in [0.25, 0.3) is 10.1 Å². The molecule has 0 bridgehead atoms. The molecule has 0 atom stereocenters. The smallest absolute Gasteiger partial charge is 0.265 e. The lowest BCUT2D eigenvalue weighted by atomic mass is 10.4. The lowest BCUT2D eigenvalue weighted by molar-refractivity contribution is 0.326. The van der Waals surface area contributed by atoms with Crippen molar-refractivity contribution in [2.75, 3.05) is 6.61 Å². The van der Waals surface area contributed by atoms with E-state index in [0.29, 0.717) is 5.02 Å². The van der Waals surface area contributed by atoms with Crippen LogP contribution in [0.2, 0.25) is 5.02 Å². The lowest BCUT2D eigenvalue weighted by Crippen LogP contribution is -2.07. The third kappa shape index (κ3) is 3.51. The summed E-state index contributed by atoms with van der Waals surface area (Å²) in [6.45, 7) is -0.137. The monoisotopic (exact) mass is 245 g/mol. The zero-order chi connectivity index (χ0) is 11.3. The zero-order valence-electron chi connectivity index (χ0n) is 7.68. The molecular formula is C9H8ClNO3S. The standard InChI is InChI=1S/C9H8ClNO3S/c10-8-2-4-9(5-3-8)15(12,13)14-7-1-6-11/h2-5H,1,7H2. The van der Waals surface area contributed by atoms with E-state index in [1.165, 1.54) is 24.3 Å². The van der Waals surface area contributed by atoms with E-state index in [9.17, 15) is 8.42 Å². The van der Waals surface area contributed by atoms with Crippen LogP contribution >= 0.6 is 11.6 Å². The van der Waals surface area contributed by atoms with Crippen LogP contribution in [0, 0.1) is 11.3 Å². The summed E-state index contributed by atoms with van der Waals surface area (Å²) < 4.78 is 27.5. The summed E-state index contributed by atoms with van der Waals surface area (Å²) in [6, 6.07) is 7.41. The predicted octanol–water partition coefficient (Wildman–Crippen LogP) is 1.96. The molecule has 1 aromatic carbocycles. The van der Waals surface area contributed by atoms with Crippen LogP contribution in [0.15, 0.2) is 29.2 Å². The van der Waals surface area contributed by atoms with Crippen LogP contribution in [-0.4, -0.2) is 15.0 Å². The fraction of sp³-hybridized carbons (Fsp3) is 0.222. The second-order valence-electron chi connectivity index (χ2n) is 2.64. The van der Waals surface area contributed by atoms with Gasteiger partial charge in [-0.15, -0.1) is 0 Å². The van der Waals surface area contributed by atoms with Crippen LogP contribution in [0.5, 0.6) is 0 Å². The van der Waals surface area contributed by atoms with Crippen LogP contribution in [0.1, 0.15) is 6.42 Å². The second-order valence-corrected chi connectivity index (χ2v) is 4.69. The molecule has 0 radical (unpaired) electrons. The highest BCUT2D eigenvalue weighted by Gasteiger charge is 2.14. The molecule has 1 aromatic rings. The van der Waals surface area contributed by atoms with E-state index in [2.05, 4.69) is 4.18 Å². The predicted molar refractivity (Wildman–Crippen MR) is 54.8 cm³/mol. The lowest BCUT2D eigenvalue weighted by Gasteiger charge is -2.03. The summed E-state index contributed by atoms with van der Waals surface area (Å²) >= 11 is 5.61. The van der Waals surface area contributed by atoms with Crippen molar-refractivity contribution >= 4 is 21.7 Å². The molecule has 0 N–H and O–H groups in total. The molecule has 0 amide bonds. The second kappa shape index (κ2) is 5.12. The molecule has 0 saturated heterocycles. The maximum absolute atomic E-state index is 11.4. The van der Waals surface area contributed by atoms with Crippen LogP contribution in [0.4, 0.5) is 0 Å². The minimum absolute atomic E-state index is 0.0323. The van der Waals surface area contributed by atoms with E-state index in [4.69, 9.17) is 16.9 Å². The Hall–Kier alpha value is -1.09. The van der Waals surface area contributed by atoms with Crippen molar-refractivity contribution in [3.63, 3.8) is 0 Å². The van der Waals surface area contributed by atoms with Crippen molar-refractivity contribution in [3.8, 4) is 6.07 Å². The van der Waals surface area contributed by atoms with Crippen molar-refractivity contribution in [1.29, 1.82) is 5.26 Å². The van der Waals surface area contributed by atoms with Crippen LogP contribution in [0.3, 0.4) is 0 Å². The molecule has 1 rings (SSSR count). The quantitative estimate of drug-likeness (QED) is 0.601. The van der Waals surface area contributed by atoms with Gasteiger partial charge in [0.15, 0.2) is 0 Å². The Morgan fingerprint density at radius 3 is 2.47 bits per heavy atom. The fourth-order valence-corrected chi connectivity index (χ4v) is 1.90. The first-order chi connectivity index (χ1) is 7.06. The van der Waals surface area contributed by atoms with Crippen LogP contribution < -0.4 is 0 Å². The molecule has 4 nitrogen and oxygen atoms in total. The SMILES string of the molecule is N#CCCOS(=O)(=O)c1ccc(Cl)cc1. The first-order valence-electron chi connectivity index (χ1n) is 4.08. The first-order valence-corrected chi connectivity index (χ1v) is 5.87. The van der Waals surface area contributed by atoms with Gasteiger partial charge in [-0.2, -0.15) is 13.7 Å².